The molecular formula is C8H8NS. The predicted octanol–water partition coefficient (Wildman–Crippen LogP) is 1.83. The molecule has 51 valence electrons. The summed E-state index contributed by atoms with van der Waals surface area (Å²) in [4.78, 5) is 5.38. The van der Waals surface area contributed by atoms with Crippen LogP contribution in [0.4, 0.5) is 0 Å². The number of hydrogen-bond donors (Lipinski definition) is 0. The lowest BCUT2D eigenvalue weighted by molar-refractivity contribution is 1.21. The van der Waals surface area contributed by atoms with Crippen LogP contribution in [0.3, 0.4) is 0 Å². The Bertz CT molecular complexity index is 264. The lowest BCUT2D eigenvalue weighted by Crippen LogP contribution is -1.75. The normalized spacial score (nSPS) is 8.60. The highest BCUT2D eigenvalue weighted by molar-refractivity contribution is 7.11. The standard InChI is InChI=1S/C8H8NS/c1-3-4-5-8-9-6-7(2)10-8/h6H,1,5H2,2H3. The zero-order valence-electron chi connectivity index (χ0n) is 5.85. The second kappa shape index (κ2) is 3.38. The number of nitrogens with zero attached hydrogens (tertiary/aromatic N) is 1. The first-order valence-electron chi connectivity index (χ1n) is 2.99. The minimum Gasteiger partial charge on any atom is -0.248 e. The van der Waals surface area contributed by atoms with E-state index in [0.29, 0.717) is 0 Å². The van der Waals surface area contributed by atoms with Crippen LogP contribution in [0.1, 0.15) is 9.88 Å². The van der Waals surface area contributed by atoms with Crippen molar-refractivity contribution >= 4 is 11.3 Å². The van der Waals surface area contributed by atoms with Gasteiger partial charge in [-0.2, -0.15) is 0 Å². The Labute approximate surface area is 65.1 Å². The van der Waals surface area contributed by atoms with Crippen molar-refractivity contribution in [3.63, 3.8) is 0 Å². The Hall–Kier alpha value is -0.810. The van der Waals surface area contributed by atoms with E-state index in [-0.39, 0.29) is 0 Å². The largest absolute Gasteiger partial charge is 0.248 e. The summed E-state index contributed by atoms with van der Waals surface area (Å²) in [7, 11) is 0. The van der Waals surface area contributed by atoms with Gasteiger partial charge >= 0.3 is 0 Å². The molecule has 0 saturated carbocycles. The van der Waals surface area contributed by atoms with Gasteiger partial charge in [-0.1, -0.05) is 5.92 Å². The van der Waals surface area contributed by atoms with E-state index < -0.39 is 0 Å². The zero-order chi connectivity index (χ0) is 7.40. The quantitative estimate of drug-likeness (QED) is 0.556. The monoisotopic (exact) mass is 150 g/mol. The molecular weight excluding hydrogens is 142 g/mol. The van der Waals surface area contributed by atoms with Crippen LogP contribution in [0.5, 0.6) is 0 Å². The predicted molar refractivity (Wildman–Crippen MR) is 43.7 cm³/mol. The first-order chi connectivity index (χ1) is 4.83. The molecule has 0 aliphatic rings. The molecule has 0 saturated heterocycles. The van der Waals surface area contributed by atoms with Crippen molar-refractivity contribution in [3.8, 4) is 11.8 Å². The fraction of sp³-hybridized carbons (Fsp3) is 0.250. The summed E-state index contributed by atoms with van der Waals surface area (Å²) in [6.45, 7) is 5.46. The minimum atomic E-state index is 0.738. The molecule has 0 aliphatic carbocycles. The van der Waals surface area contributed by atoms with Gasteiger partial charge in [0.25, 0.3) is 0 Å². The Morgan fingerprint density at radius 3 is 3.10 bits per heavy atom. The molecule has 1 radical (unpaired) electrons. The van der Waals surface area contributed by atoms with Crippen molar-refractivity contribution in [2.24, 2.45) is 0 Å². The van der Waals surface area contributed by atoms with Gasteiger partial charge in [0.05, 0.1) is 6.42 Å². The first-order valence-corrected chi connectivity index (χ1v) is 3.81. The lowest BCUT2D eigenvalue weighted by Gasteiger charge is -1.79. The zero-order valence-corrected chi connectivity index (χ0v) is 6.66. The van der Waals surface area contributed by atoms with E-state index in [2.05, 4.69) is 23.7 Å². The van der Waals surface area contributed by atoms with E-state index in [4.69, 9.17) is 0 Å². The Balaban J connectivity index is 2.64. The molecule has 1 rings (SSSR count). The summed E-state index contributed by atoms with van der Waals surface area (Å²) < 4.78 is 0. The van der Waals surface area contributed by atoms with E-state index in [1.807, 2.05) is 13.1 Å². The molecule has 0 spiro atoms. The van der Waals surface area contributed by atoms with Crippen LogP contribution in [0.2, 0.25) is 0 Å². The maximum atomic E-state index is 4.14. The van der Waals surface area contributed by atoms with Crippen molar-refractivity contribution < 1.29 is 0 Å². The van der Waals surface area contributed by atoms with Gasteiger partial charge in [0.1, 0.15) is 5.01 Å². The van der Waals surface area contributed by atoms with Gasteiger partial charge in [0.15, 0.2) is 0 Å². The highest BCUT2D eigenvalue weighted by Gasteiger charge is 1.93. The number of thiazole rings is 1. The first kappa shape index (κ1) is 7.30. The molecule has 0 fully saturated rings. The van der Waals surface area contributed by atoms with Crippen LogP contribution in [0.25, 0.3) is 0 Å². The second-order valence-corrected chi connectivity index (χ2v) is 3.21. The molecule has 0 aliphatic heterocycles. The molecule has 1 aromatic rings. The van der Waals surface area contributed by atoms with Gasteiger partial charge in [-0.3, -0.25) is 0 Å². The Morgan fingerprint density at radius 2 is 2.60 bits per heavy atom. The van der Waals surface area contributed by atoms with Crippen LogP contribution < -0.4 is 0 Å². The number of rotatable bonds is 1. The van der Waals surface area contributed by atoms with E-state index in [1.54, 1.807) is 11.3 Å². The third-order valence-electron chi connectivity index (χ3n) is 1.03. The average molecular weight is 150 g/mol. The fourth-order valence-electron chi connectivity index (χ4n) is 0.621. The SMILES string of the molecule is [CH2]C#CCc1ncc(C)s1. The molecule has 1 heterocycles. The molecule has 10 heavy (non-hydrogen) atoms. The topological polar surface area (TPSA) is 12.9 Å². The highest BCUT2D eigenvalue weighted by atomic mass is 32.1. The van der Waals surface area contributed by atoms with E-state index in [0.717, 1.165) is 11.4 Å². The Kier molecular flexibility index (Phi) is 2.47. The van der Waals surface area contributed by atoms with Crippen molar-refractivity contribution in [2.45, 2.75) is 13.3 Å². The highest BCUT2D eigenvalue weighted by Crippen LogP contribution is 2.10. The second-order valence-electron chi connectivity index (χ2n) is 1.89. The van der Waals surface area contributed by atoms with Gasteiger partial charge in [0.2, 0.25) is 0 Å². The van der Waals surface area contributed by atoms with Crippen molar-refractivity contribution in [3.05, 3.63) is 23.0 Å². The fourth-order valence-corrected chi connectivity index (χ4v) is 1.35. The van der Waals surface area contributed by atoms with Crippen molar-refractivity contribution in [1.29, 1.82) is 0 Å². The molecule has 0 amide bonds. The summed E-state index contributed by atoms with van der Waals surface area (Å²) in [6.07, 6.45) is 2.60. The summed E-state index contributed by atoms with van der Waals surface area (Å²) in [5, 5.41) is 1.08. The molecule has 0 aromatic carbocycles. The molecule has 2 heteroatoms. The van der Waals surface area contributed by atoms with E-state index in [9.17, 15) is 0 Å². The number of aromatic nitrogens is 1. The Morgan fingerprint density at radius 1 is 1.80 bits per heavy atom. The summed E-state index contributed by atoms with van der Waals surface area (Å²) in [5.74, 6) is 5.46. The van der Waals surface area contributed by atoms with Gasteiger partial charge in [-0.05, 0) is 6.92 Å². The third-order valence-corrected chi connectivity index (χ3v) is 1.95. The smallest absolute Gasteiger partial charge is 0.105 e. The maximum Gasteiger partial charge on any atom is 0.105 e. The summed E-state index contributed by atoms with van der Waals surface area (Å²) in [6, 6.07) is 0. The van der Waals surface area contributed by atoms with Gasteiger partial charge in [-0.15, -0.1) is 17.3 Å². The maximum absolute atomic E-state index is 4.14. The molecule has 0 unspecified atom stereocenters. The van der Waals surface area contributed by atoms with Crippen LogP contribution in [-0.2, 0) is 6.42 Å². The minimum absolute atomic E-state index is 0.738. The summed E-state index contributed by atoms with van der Waals surface area (Å²) in [5.41, 5.74) is 0. The average Bonchev–Trinajstić information content (AvgIpc) is 2.31. The third kappa shape index (κ3) is 1.85. The molecule has 0 atom stereocenters. The van der Waals surface area contributed by atoms with Crippen LogP contribution in [0.15, 0.2) is 6.20 Å². The van der Waals surface area contributed by atoms with E-state index >= 15 is 0 Å². The van der Waals surface area contributed by atoms with Gasteiger partial charge < -0.3 is 0 Å². The van der Waals surface area contributed by atoms with Crippen LogP contribution >= 0.6 is 11.3 Å². The van der Waals surface area contributed by atoms with Gasteiger partial charge in [0, 0.05) is 18.0 Å². The van der Waals surface area contributed by atoms with Crippen molar-refractivity contribution in [2.75, 3.05) is 0 Å². The van der Waals surface area contributed by atoms with E-state index in [1.165, 1.54) is 4.88 Å². The molecule has 0 bridgehead atoms. The summed E-state index contributed by atoms with van der Waals surface area (Å²) >= 11 is 1.69. The van der Waals surface area contributed by atoms with Crippen molar-refractivity contribution in [1.82, 2.24) is 4.98 Å². The van der Waals surface area contributed by atoms with Crippen LogP contribution in [-0.4, -0.2) is 4.98 Å². The number of aryl methyl sites for hydroxylation is 1. The number of hydrogen-bond acceptors (Lipinski definition) is 2. The molecule has 0 N–H and O–H groups in total. The molecule has 1 nitrogen and oxygen atoms in total. The molecule has 1 aromatic heterocycles. The lowest BCUT2D eigenvalue weighted by atomic mass is 10.4. The van der Waals surface area contributed by atoms with Gasteiger partial charge in [-0.25, -0.2) is 4.98 Å². The van der Waals surface area contributed by atoms with Crippen LogP contribution in [0, 0.1) is 25.7 Å².